The summed E-state index contributed by atoms with van der Waals surface area (Å²) in [4.78, 5) is 12.2. The molecule has 0 heterocycles. The Hall–Kier alpha value is -1.55. The van der Waals surface area contributed by atoms with Crippen LogP contribution in [0.15, 0.2) is 12.1 Å². The van der Waals surface area contributed by atoms with E-state index < -0.39 is 5.60 Å². The number of methoxy groups -OCH3 is 1. The molecule has 1 aromatic carbocycles. The molecule has 3 aliphatic carbocycles. The van der Waals surface area contributed by atoms with E-state index in [0.29, 0.717) is 29.9 Å². The molecule has 4 heteroatoms. The highest BCUT2D eigenvalue weighted by Crippen LogP contribution is 2.64. The third-order valence-corrected chi connectivity index (χ3v) is 7.78. The minimum atomic E-state index is -1.16. The van der Waals surface area contributed by atoms with Gasteiger partial charge in [0.2, 0.25) is 0 Å². The van der Waals surface area contributed by atoms with Crippen LogP contribution in [0.3, 0.4) is 0 Å². The van der Waals surface area contributed by atoms with Crippen LogP contribution in [-0.2, 0) is 11.2 Å². The Morgan fingerprint density at radius 3 is 2.68 bits per heavy atom. The largest absolute Gasteiger partial charge is 0.504 e. The monoisotopic (exact) mass is 344 g/mol. The summed E-state index contributed by atoms with van der Waals surface area (Å²) in [5.41, 5.74) is 0.979. The van der Waals surface area contributed by atoms with Crippen LogP contribution in [0.5, 0.6) is 11.5 Å². The van der Waals surface area contributed by atoms with Gasteiger partial charge < -0.3 is 14.9 Å². The van der Waals surface area contributed by atoms with Crippen LogP contribution >= 0.6 is 0 Å². The predicted octanol–water partition coefficient (Wildman–Crippen LogP) is 3.58. The number of phenols is 1. The first kappa shape index (κ1) is 16.9. The first-order chi connectivity index (χ1) is 11.8. The Balaban J connectivity index is 1.73. The predicted molar refractivity (Wildman–Crippen MR) is 94.9 cm³/mol. The molecule has 0 saturated heterocycles. The number of hydrogen-bond acceptors (Lipinski definition) is 4. The van der Waals surface area contributed by atoms with Crippen molar-refractivity contribution in [3.05, 3.63) is 23.3 Å². The molecular formula is C21H28O4. The van der Waals surface area contributed by atoms with E-state index in [9.17, 15) is 15.0 Å². The molecule has 0 bridgehead atoms. The number of rotatable bonds is 2. The molecule has 4 rings (SSSR count). The van der Waals surface area contributed by atoms with Crippen LogP contribution < -0.4 is 4.74 Å². The maximum absolute atomic E-state index is 12.2. The quantitative estimate of drug-likeness (QED) is 0.860. The molecule has 2 N–H and O–H groups in total. The van der Waals surface area contributed by atoms with Crippen molar-refractivity contribution in [3.63, 3.8) is 0 Å². The van der Waals surface area contributed by atoms with Gasteiger partial charge in [0.25, 0.3) is 0 Å². The summed E-state index contributed by atoms with van der Waals surface area (Å²) >= 11 is 0. The summed E-state index contributed by atoms with van der Waals surface area (Å²) < 4.78 is 5.46. The van der Waals surface area contributed by atoms with Gasteiger partial charge in [-0.3, -0.25) is 4.79 Å². The van der Waals surface area contributed by atoms with E-state index in [1.165, 1.54) is 5.56 Å². The second kappa shape index (κ2) is 5.47. The minimum absolute atomic E-state index is 0.0706. The second-order valence-corrected chi connectivity index (χ2v) is 8.51. The van der Waals surface area contributed by atoms with Crippen molar-refractivity contribution in [3.8, 4) is 11.5 Å². The minimum Gasteiger partial charge on any atom is -0.504 e. The SMILES string of the molecule is COc1c(O)ccc2c1CC[C@@H]1[C@@H]2CC[C@@]2(C)[C@H]1CC[C@]2(O)C(C)=O. The highest BCUT2D eigenvalue weighted by molar-refractivity contribution is 5.86. The molecule has 0 aromatic heterocycles. The number of aliphatic hydroxyl groups is 1. The molecule has 0 amide bonds. The maximum Gasteiger partial charge on any atom is 0.163 e. The fraction of sp³-hybridized carbons (Fsp3) is 0.667. The Morgan fingerprint density at radius 2 is 2.00 bits per heavy atom. The Bertz CT molecular complexity index is 727. The van der Waals surface area contributed by atoms with E-state index in [1.807, 2.05) is 0 Å². The summed E-state index contributed by atoms with van der Waals surface area (Å²) in [6.45, 7) is 3.68. The topological polar surface area (TPSA) is 66.8 Å². The van der Waals surface area contributed by atoms with Crippen LogP contribution in [0.4, 0.5) is 0 Å². The van der Waals surface area contributed by atoms with Crippen molar-refractivity contribution in [2.24, 2.45) is 17.3 Å². The number of hydrogen-bond donors (Lipinski definition) is 2. The normalized spacial score (nSPS) is 39.3. The van der Waals surface area contributed by atoms with Gasteiger partial charge in [-0.05, 0) is 74.8 Å². The van der Waals surface area contributed by atoms with Gasteiger partial charge >= 0.3 is 0 Å². The average Bonchev–Trinajstić information content (AvgIpc) is 2.87. The van der Waals surface area contributed by atoms with Crippen LogP contribution in [0, 0.1) is 17.3 Å². The van der Waals surface area contributed by atoms with Crippen molar-refractivity contribution in [2.45, 2.75) is 63.9 Å². The number of aromatic hydroxyl groups is 1. The summed E-state index contributed by atoms with van der Waals surface area (Å²) in [7, 11) is 1.61. The molecule has 1 aromatic rings. The molecule has 0 spiro atoms. The van der Waals surface area contributed by atoms with Gasteiger partial charge in [-0.15, -0.1) is 0 Å². The second-order valence-electron chi connectivity index (χ2n) is 8.51. The number of phenolic OH excluding ortho intramolecular Hbond substituents is 1. The zero-order valence-corrected chi connectivity index (χ0v) is 15.3. The number of carbonyl (C=O) groups excluding carboxylic acids is 1. The lowest BCUT2D eigenvalue weighted by atomic mass is 9.53. The molecule has 0 radical (unpaired) electrons. The molecule has 136 valence electrons. The Morgan fingerprint density at radius 1 is 1.24 bits per heavy atom. The fourth-order valence-electron chi connectivity index (χ4n) is 6.45. The van der Waals surface area contributed by atoms with Gasteiger partial charge in [0.1, 0.15) is 5.60 Å². The first-order valence-electron chi connectivity index (χ1n) is 9.45. The average molecular weight is 344 g/mol. The van der Waals surface area contributed by atoms with E-state index >= 15 is 0 Å². The molecule has 4 nitrogen and oxygen atoms in total. The number of Topliss-reactive ketones (excluding diaryl/α,β-unsaturated/α-hetero) is 1. The van der Waals surface area contributed by atoms with Crippen molar-refractivity contribution in [1.82, 2.24) is 0 Å². The fourth-order valence-corrected chi connectivity index (χ4v) is 6.45. The van der Waals surface area contributed by atoms with E-state index in [2.05, 4.69) is 13.0 Å². The van der Waals surface area contributed by atoms with Crippen LogP contribution in [-0.4, -0.2) is 28.7 Å². The van der Waals surface area contributed by atoms with Crippen LogP contribution in [0.1, 0.15) is 63.0 Å². The lowest BCUT2D eigenvalue weighted by molar-refractivity contribution is -0.154. The van der Waals surface area contributed by atoms with Gasteiger partial charge in [-0.25, -0.2) is 0 Å². The lowest BCUT2D eigenvalue weighted by Crippen LogP contribution is -2.54. The number of fused-ring (bicyclic) bond motifs is 5. The lowest BCUT2D eigenvalue weighted by Gasteiger charge is -2.52. The van der Waals surface area contributed by atoms with Crippen LogP contribution in [0.25, 0.3) is 0 Å². The van der Waals surface area contributed by atoms with Gasteiger partial charge in [0.05, 0.1) is 7.11 Å². The van der Waals surface area contributed by atoms with E-state index in [1.54, 1.807) is 20.1 Å². The van der Waals surface area contributed by atoms with Crippen molar-refractivity contribution in [1.29, 1.82) is 0 Å². The highest BCUT2D eigenvalue weighted by Gasteiger charge is 2.63. The molecule has 0 unspecified atom stereocenters. The van der Waals surface area contributed by atoms with E-state index in [0.717, 1.165) is 37.7 Å². The molecule has 2 fully saturated rings. The first-order valence-corrected chi connectivity index (χ1v) is 9.45. The number of carbonyl (C=O) groups is 1. The smallest absolute Gasteiger partial charge is 0.163 e. The molecule has 2 saturated carbocycles. The molecule has 3 aliphatic rings. The van der Waals surface area contributed by atoms with Gasteiger partial charge in [0, 0.05) is 11.0 Å². The molecule has 0 aliphatic heterocycles. The summed E-state index contributed by atoms with van der Waals surface area (Å²) in [5, 5.41) is 21.2. The highest BCUT2D eigenvalue weighted by atomic mass is 16.5. The molecule has 25 heavy (non-hydrogen) atoms. The molecule has 5 atom stereocenters. The summed E-state index contributed by atoms with van der Waals surface area (Å²) in [6.07, 6.45) is 5.30. The number of ether oxygens (including phenoxy) is 1. The van der Waals surface area contributed by atoms with Crippen molar-refractivity contribution >= 4 is 5.78 Å². The van der Waals surface area contributed by atoms with Gasteiger partial charge in [0.15, 0.2) is 17.3 Å². The van der Waals surface area contributed by atoms with Crippen molar-refractivity contribution < 1.29 is 19.7 Å². The third kappa shape index (κ3) is 2.06. The summed E-state index contributed by atoms with van der Waals surface area (Å²) in [6, 6.07) is 3.80. The zero-order valence-electron chi connectivity index (χ0n) is 15.3. The van der Waals surface area contributed by atoms with Crippen molar-refractivity contribution in [2.75, 3.05) is 7.11 Å². The van der Waals surface area contributed by atoms with E-state index in [4.69, 9.17) is 4.74 Å². The van der Waals surface area contributed by atoms with Gasteiger partial charge in [-0.1, -0.05) is 13.0 Å². The number of benzene rings is 1. The van der Waals surface area contributed by atoms with Gasteiger partial charge in [-0.2, -0.15) is 0 Å². The third-order valence-electron chi connectivity index (χ3n) is 7.78. The Labute approximate surface area is 149 Å². The zero-order chi connectivity index (χ0) is 18.0. The summed E-state index contributed by atoms with van der Waals surface area (Å²) in [5.74, 6) is 2.08. The van der Waals surface area contributed by atoms with E-state index in [-0.39, 0.29) is 16.9 Å². The Kier molecular flexibility index (Phi) is 3.70. The number of ketones is 1. The standard InChI is InChI=1S/C21H28O4/c1-12(22)21(24)11-9-17-15-4-5-16-13(6-7-18(23)19(16)25-3)14(15)8-10-20(17,21)2/h6-7,14-15,17,23-24H,4-5,8-11H2,1-3H3/t14-,15-,17+,20+,21+/m1/s1. The van der Waals surface area contributed by atoms with Crippen LogP contribution in [0.2, 0.25) is 0 Å². The maximum atomic E-state index is 12.2. The molecular weight excluding hydrogens is 316 g/mol.